The lowest BCUT2D eigenvalue weighted by atomic mass is 9.68. The van der Waals surface area contributed by atoms with Crippen molar-refractivity contribution in [3.05, 3.63) is 283 Å². The fraction of sp³-hybridized carbons (Fsp3) is 0.0154. The Labute approximate surface area is 390 Å². The Morgan fingerprint density at radius 3 is 1.43 bits per heavy atom. The molecule has 1 aliphatic rings. The third kappa shape index (κ3) is 6.11. The Morgan fingerprint density at radius 2 is 0.791 bits per heavy atom. The molecule has 11 aromatic carbocycles. The van der Waals surface area contributed by atoms with Gasteiger partial charge in [0.1, 0.15) is 11.3 Å². The molecule has 0 amide bonds. The van der Waals surface area contributed by atoms with E-state index in [0.717, 1.165) is 67.0 Å². The summed E-state index contributed by atoms with van der Waals surface area (Å²) in [5.74, 6) is 0.890. The average Bonchev–Trinajstić information content (AvgIpc) is 3.96. The lowest BCUT2D eigenvalue weighted by molar-refractivity contribution is 0.636. The molecule has 0 bridgehead atoms. The summed E-state index contributed by atoms with van der Waals surface area (Å²) < 4.78 is 7.02. The maximum absolute atomic E-state index is 7.02. The van der Waals surface area contributed by atoms with Gasteiger partial charge in [0.25, 0.3) is 0 Å². The van der Waals surface area contributed by atoms with Gasteiger partial charge >= 0.3 is 0 Å². The molecular weight excluding hydrogens is 811 g/mol. The van der Waals surface area contributed by atoms with Crippen molar-refractivity contribution in [2.45, 2.75) is 5.41 Å². The summed E-state index contributed by atoms with van der Waals surface area (Å²) in [6.45, 7) is 0. The maximum atomic E-state index is 7.02. The van der Waals surface area contributed by atoms with E-state index in [1.165, 1.54) is 49.5 Å². The van der Waals surface area contributed by atoms with Crippen molar-refractivity contribution in [3.8, 4) is 44.7 Å². The Balaban J connectivity index is 0.916. The molecule has 0 fully saturated rings. The summed E-state index contributed by atoms with van der Waals surface area (Å²) in [5.41, 5.74) is 17.1. The number of rotatable bonds is 8. The minimum absolute atomic E-state index is 0.450. The predicted molar refractivity (Wildman–Crippen MR) is 280 cm³/mol. The van der Waals surface area contributed by atoms with Crippen molar-refractivity contribution in [2.24, 2.45) is 0 Å². The number of para-hydroxylation sites is 1. The molecule has 0 atom stereocenters. The summed E-state index contributed by atoms with van der Waals surface area (Å²) in [7, 11) is 0. The monoisotopic (exact) mass is 853 g/mol. The normalized spacial score (nSPS) is 12.6. The highest BCUT2D eigenvalue weighted by atomic mass is 16.3. The quantitative estimate of drug-likeness (QED) is 0.142. The van der Waals surface area contributed by atoms with E-state index in [1.807, 2.05) is 0 Å². The fourth-order valence-corrected chi connectivity index (χ4v) is 11.0. The van der Waals surface area contributed by atoms with E-state index in [1.54, 1.807) is 0 Å². The second-order valence-electron chi connectivity index (χ2n) is 17.5. The molecule has 12 aromatic rings. The van der Waals surface area contributed by atoms with E-state index < -0.39 is 5.41 Å². The molecule has 0 aliphatic heterocycles. The van der Waals surface area contributed by atoms with Crippen LogP contribution in [0.5, 0.6) is 0 Å². The van der Waals surface area contributed by atoms with Crippen LogP contribution in [0.1, 0.15) is 22.3 Å². The summed E-state index contributed by atoms with van der Waals surface area (Å²) in [4.78, 5) is 2.36. The van der Waals surface area contributed by atoms with Gasteiger partial charge in [-0.15, -0.1) is 0 Å². The van der Waals surface area contributed by atoms with Gasteiger partial charge in [-0.1, -0.05) is 212 Å². The van der Waals surface area contributed by atoms with Crippen LogP contribution in [-0.4, -0.2) is 0 Å². The summed E-state index contributed by atoms with van der Waals surface area (Å²) in [5, 5.41) is 5.81. The van der Waals surface area contributed by atoms with Crippen LogP contribution < -0.4 is 4.90 Å². The van der Waals surface area contributed by atoms with E-state index in [4.69, 9.17) is 4.42 Å². The van der Waals surface area contributed by atoms with Crippen molar-refractivity contribution in [3.63, 3.8) is 0 Å². The number of fused-ring (bicyclic) bond motifs is 9. The summed E-state index contributed by atoms with van der Waals surface area (Å²) in [6.07, 6.45) is 0. The lowest BCUT2D eigenvalue weighted by Crippen LogP contribution is -2.28. The third-order valence-electron chi connectivity index (χ3n) is 13.9. The van der Waals surface area contributed by atoms with Gasteiger partial charge in [0.15, 0.2) is 0 Å². The van der Waals surface area contributed by atoms with Crippen LogP contribution in [0.3, 0.4) is 0 Å². The second kappa shape index (κ2) is 15.8. The van der Waals surface area contributed by atoms with Crippen LogP contribution in [0.4, 0.5) is 17.1 Å². The molecule has 2 heteroatoms. The maximum Gasteiger partial charge on any atom is 0.143 e. The van der Waals surface area contributed by atoms with Gasteiger partial charge in [0.05, 0.1) is 5.41 Å². The fourth-order valence-electron chi connectivity index (χ4n) is 11.0. The van der Waals surface area contributed by atoms with E-state index in [2.05, 4.69) is 266 Å². The SMILES string of the molecule is c1ccc(-c2oc3c4ccc(-c5ccc(N(c6ccccc6)c6ccc(C7(c8ccccc8)c8ccccc8-c8ccccc87)cc6)cc5)cc4c4ccccc4c3c2-c2ccccc2)cc1. The van der Waals surface area contributed by atoms with Crippen molar-refractivity contribution >= 4 is 49.6 Å². The predicted octanol–water partition coefficient (Wildman–Crippen LogP) is 17.6. The molecule has 0 radical (unpaired) electrons. The third-order valence-corrected chi connectivity index (χ3v) is 13.9. The van der Waals surface area contributed by atoms with Crippen LogP contribution in [0.2, 0.25) is 0 Å². The number of benzene rings is 11. The van der Waals surface area contributed by atoms with Gasteiger partial charge in [-0.2, -0.15) is 0 Å². The lowest BCUT2D eigenvalue weighted by Gasteiger charge is -2.34. The van der Waals surface area contributed by atoms with Crippen LogP contribution in [0.15, 0.2) is 265 Å². The number of furan rings is 1. The Hall–Kier alpha value is -8.72. The molecular formula is C65H43NO. The molecule has 1 aliphatic carbocycles. The topological polar surface area (TPSA) is 16.4 Å². The van der Waals surface area contributed by atoms with Gasteiger partial charge in [0, 0.05) is 39.0 Å². The zero-order valence-corrected chi connectivity index (χ0v) is 36.7. The Bertz CT molecular complexity index is 3720. The van der Waals surface area contributed by atoms with Gasteiger partial charge < -0.3 is 9.32 Å². The second-order valence-corrected chi connectivity index (χ2v) is 17.5. The highest BCUT2D eigenvalue weighted by molar-refractivity contribution is 6.28. The first-order valence-electron chi connectivity index (χ1n) is 23.1. The van der Waals surface area contributed by atoms with Crippen LogP contribution >= 0.6 is 0 Å². The molecule has 0 unspecified atom stereocenters. The van der Waals surface area contributed by atoms with E-state index in [-0.39, 0.29) is 0 Å². The van der Waals surface area contributed by atoms with Crippen LogP contribution in [0, 0.1) is 0 Å². The highest BCUT2D eigenvalue weighted by Gasteiger charge is 2.45. The number of hydrogen-bond acceptors (Lipinski definition) is 2. The number of nitrogens with zero attached hydrogens (tertiary/aromatic N) is 1. The van der Waals surface area contributed by atoms with Gasteiger partial charge in [-0.25, -0.2) is 0 Å². The van der Waals surface area contributed by atoms with Gasteiger partial charge in [-0.05, 0) is 115 Å². The summed E-state index contributed by atoms with van der Waals surface area (Å²) >= 11 is 0. The number of hydrogen-bond donors (Lipinski definition) is 0. The van der Waals surface area contributed by atoms with E-state index in [0.29, 0.717) is 0 Å². The molecule has 1 aromatic heterocycles. The van der Waals surface area contributed by atoms with Crippen molar-refractivity contribution in [2.75, 3.05) is 4.90 Å². The van der Waals surface area contributed by atoms with Gasteiger partial charge in [0.2, 0.25) is 0 Å². The smallest absolute Gasteiger partial charge is 0.143 e. The molecule has 1 heterocycles. The van der Waals surface area contributed by atoms with Crippen molar-refractivity contribution in [1.29, 1.82) is 0 Å². The molecule has 0 spiro atoms. The highest BCUT2D eigenvalue weighted by Crippen LogP contribution is 2.56. The minimum Gasteiger partial charge on any atom is -0.455 e. The first kappa shape index (κ1) is 38.7. The first-order valence-corrected chi connectivity index (χ1v) is 23.1. The van der Waals surface area contributed by atoms with E-state index in [9.17, 15) is 0 Å². The first-order chi connectivity index (χ1) is 33.3. The Kier molecular flexibility index (Phi) is 9.11. The zero-order chi connectivity index (χ0) is 44.3. The molecule has 2 nitrogen and oxygen atoms in total. The molecule has 0 saturated carbocycles. The van der Waals surface area contributed by atoms with E-state index >= 15 is 0 Å². The molecule has 0 N–H and O–H groups in total. The minimum atomic E-state index is -0.450. The Morgan fingerprint density at radius 1 is 0.313 bits per heavy atom. The van der Waals surface area contributed by atoms with Crippen LogP contribution in [-0.2, 0) is 5.41 Å². The van der Waals surface area contributed by atoms with Crippen LogP contribution in [0.25, 0.3) is 77.2 Å². The average molecular weight is 854 g/mol. The number of anilines is 3. The largest absolute Gasteiger partial charge is 0.455 e. The van der Waals surface area contributed by atoms with Crippen molar-refractivity contribution < 1.29 is 4.42 Å². The van der Waals surface area contributed by atoms with Gasteiger partial charge in [-0.3, -0.25) is 0 Å². The molecule has 67 heavy (non-hydrogen) atoms. The molecule has 13 rings (SSSR count). The van der Waals surface area contributed by atoms with Crippen molar-refractivity contribution in [1.82, 2.24) is 0 Å². The molecule has 314 valence electrons. The standard InChI is InChI=1S/C65H43NO/c1-5-19-45(20-6-1)61-62-56-30-14-13-27-53(56)58-43-47(35-42-57(58)64(62)67-63(61)46-21-7-2-8-22-46)44-33-38-51(39-34-44)66(50-25-11-4-12-26-50)52-40-36-49(37-41-52)65(48-23-9-3-10-24-48)59-31-17-15-28-54(59)55-29-16-18-32-60(55)65/h1-43H. The molecule has 0 saturated heterocycles. The zero-order valence-electron chi connectivity index (χ0n) is 36.7. The summed E-state index contributed by atoms with van der Waals surface area (Å²) in [6, 6.07) is 94.6.